The van der Waals surface area contributed by atoms with Crippen LogP contribution in [0.3, 0.4) is 0 Å². The zero-order valence-corrected chi connectivity index (χ0v) is 16.0. The summed E-state index contributed by atoms with van der Waals surface area (Å²) in [6, 6.07) is 7.81. The molecule has 1 aromatic heterocycles. The second kappa shape index (κ2) is 8.96. The highest BCUT2D eigenvalue weighted by molar-refractivity contribution is 7.09. The molecular formula is C20H24N2O3S. The molecule has 0 N–H and O–H groups in total. The third-order valence-electron chi connectivity index (χ3n) is 4.30. The largest absolute Gasteiger partial charge is 0.497 e. The second-order valence-electron chi connectivity index (χ2n) is 6.33. The van der Waals surface area contributed by atoms with Gasteiger partial charge >= 0.3 is 0 Å². The van der Waals surface area contributed by atoms with Crippen LogP contribution in [0.1, 0.15) is 29.1 Å². The highest BCUT2D eigenvalue weighted by Gasteiger charge is 2.22. The standard InChI is InChI=1S/C20H24N2O3S/c1-15-21-17(14-26-15)8-9-20(23)22(13-19-7-4-10-25-19)12-16-5-3-6-18(11-16)24-2/h3,5-6,8-9,11,14,19H,4,7,10,12-13H2,1-2H3/b9-8+. The Balaban J connectivity index is 1.72. The van der Waals surface area contributed by atoms with Crippen LogP contribution in [0.2, 0.25) is 0 Å². The minimum atomic E-state index is -0.0334. The van der Waals surface area contributed by atoms with Gasteiger partial charge in [0.15, 0.2) is 0 Å². The van der Waals surface area contributed by atoms with Crippen LogP contribution >= 0.6 is 11.3 Å². The average molecular weight is 372 g/mol. The summed E-state index contributed by atoms with van der Waals surface area (Å²) in [5, 5.41) is 2.94. The van der Waals surface area contributed by atoms with Gasteiger partial charge in [-0.25, -0.2) is 4.98 Å². The molecule has 0 bridgehead atoms. The molecule has 1 aliphatic rings. The summed E-state index contributed by atoms with van der Waals surface area (Å²) in [7, 11) is 1.65. The van der Waals surface area contributed by atoms with Gasteiger partial charge in [-0.1, -0.05) is 12.1 Å². The Morgan fingerprint density at radius 3 is 3.08 bits per heavy atom. The molecular weight excluding hydrogens is 348 g/mol. The first-order valence-electron chi connectivity index (χ1n) is 8.77. The molecule has 1 unspecified atom stereocenters. The van der Waals surface area contributed by atoms with Crippen LogP contribution < -0.4 is 4.74 Å². The van der Waals surface area contributed by atoms with Crippen LogP contribution in [-0.2, 0) is 16.1 Å². The van der Waals surface area contributed by atoms with E-state index in [0.29, 0.717) is 13.1 Å². The Morgan fingerprint density at radius 1 is 1.50 bits per heavy atom. The predicted octanol–water partition coefficient (Wildman–Crippen LogP) is 3.68. The number of methoxy groups -OCH3 is 1. The van der Waals surface area contributed by atoms with Crippen LogP contribution in [0, 0.1) is 6.92 Å². The Kier molecular flexibility index (Phi) is 6.41. The SMILES string of the molecule is COc1cccc(CN(CC2CCCO2)C(=O)/C=C/c2csc(C)n2)c1. The van der Waals surface area contributed by atoms with E-state index in [9.17, 15) is 4.79 Å². The summed E-state index contributed by atoms with van der Waals surface area (Å²) in [4.78, 5) is 19.0. The monoisotopic (exact) mass is 372 g/mol. The van der Waals surface area contributed by atoms with Gasteiger partial charge in [-0.15, -0.1) is 11.3 Å². The van der Waals surface area contributed by atoms with Crippen molar-refractivity contribution >= 4 is 23.3 Å². The van der Waals surface area contributed by atoms with E-state index < -0.39 is 0 Å². The molecule has 26 heavy (non-hydrogen) atoms. The third-order valence-corrected chi connectivity index (χ3v) is 5.09. The molecule has 2 aromatic rings. The molecule has 3 rings (SSSR count). The van der Waals surface area contributed by atoms with Gasteiger partial charge in [-0.3, -0.25) is 4.79 Å². The molecule has 6 heteroatoms. The highest BCUT2D eigenvalue weighted by atomic mass is 32.1. The van der Waals surface area contributed by atoms with Crippen molar-refractivity contribution < 1.29 is 14.3 Å². The fourth-order valence-corrected chi connectivity index (χ4v) is 3.56. The van der Waals surface area contributed by atoms with E-state index in [1.807, 2.05) is 41.5 Å². The summed E-state index contributed by atoms with van der Waals surface area (Å²) in [6.45, 7) is 3.85. The molecule has 0 spiro atoms. The first-order valence-corrected chi connectivity index (χ1v) is 9.65. The lowest BCUT2D eigenvalue weighted by Crippen LogP contribution is -2.35. The number of aryl methyl sites for hydroxylation is 1. The van der Waals surface area contributed by atoms with Gasteiger partial charge in [0, 0.05) is 31.2 Å². The number of amides is 1. The number of nitrogens with zero attached hydrogens (tertiary/aromatic N) is 2. The van der Waals surface area contributed by atoms with Gasteiger partial charge in [0.25, 0.3) is 0 Å². The summed E-state index contributed by atoms with van der Waals surface area (Å²) in [5.74, 6) is 0.759. The Bertz CT molecular complexity index is 766. The van der Waals surface area contributed by atoms with Crippen LogP contribution in [0.15, 0.2) is 35.7 Å². The quantitative estimate of drug-likeness (QED) is 0.696. The zero-order chi connectivity index (χ0) is 18.4. The van der Waals surface area contributed by atoms with E-state index >= 15 is 0 Å². The highest BCUT2D eigenvalue weighted by Crippen LogP contribution is 2.18. The maximum absolute atomic E-state index is 12.8. The molecule has 0 saturated carbocycles. The lowest BCUT2D eigenvalue weighted by molar-refractivity contribution is -0.128. The number of carbonyl (C=O) groups is 1. The van der Waals surface area contributed by atoms with E-state index in [4.69, 9.17) is 9.47 Å². The number of hydrogen-bond donors (Lipinski definition) is 0. The van der Waals surface area contributed by atoms with Gasteiger partial charge in [-0.05, 0) is 43.5 Å². The zero-order valence-electron chi connectivity index (χ0n) is 15.2. The topological polar surface area (TPSA) is 51.7 Å². The van der Waals surface area contributed by atoms with Crippen LogP contribution in [0.25, 0.3) is 6.08 Å². The Morgan fingerprint density at radius 2 is 2.38 bits per heavy atom. The van der Waals surface area contributed by atoms with Crippen molar-refractivity contribution in [1.82, 2.24) is 9.88 Å². The fraction of sp³-hybridized carbons (Fsp3) is 0.400. The normalized spacial score (nSPS) is 16.9. The number of aromatic nitrogens is 1. The van der Waals surface area contributed by atoms with Crippen molar-refractivity contribution in [2.45, 2.75) is 32.4 Å². The first-order chi connectivity index (χ1) is 12.6. The molecule has 1 atom stereocenters. The van der Waals surface area contributed by atoms with Gasteiger partial charge in [0.05, 0.1) is 23.9 Å². The van der Waals surface area contributed by atoms with Crippen LogP contribution in [0.4, 0.5) is 0 Å². The van der Waals surface area contributed by atoms with E-state index in [0.717, 1.165) is 41.5 Å². The van der Waals surface area contributed by atoms with E-state index in [-0.39, 0.29) is 12.0 Å². The molecule has 1 aromatic carbocycles. The van der Waals surface area contributed by atoms with Crippen molar-refractivity contribution in [2.75, 3.05) is 20.3 Å². The predicted molar refractivity (Wildman–Crippen MR) is 103 cm³/mol. The summed E-state index contributed by atoms with van der Waals surface area (Å²) < 4.78 is 11.0. The Hall–Kier alpha value is -2.18. The third kappa shape index (κ3) is 5.16. The average Bonchev–Trinajstić information content (AvgIpc) is 3.31. The number of hydrogen-bond acceptors (Lipinski definition) is 5. The maximum atomic E-state index is 12.8. The number of thiazole rings is 1. The van der Waals surface area contributed by atoms with Crippen molar-refractivity contribution in [2.24, 2.45) is 0 Å². The van der Waals surface area contributed by atoms with Crippen molar-refractivity contribution in [1.29, 1.82) is 0 Å². The van der Waals surface area contributed by atoms with E-state index in [1.165, 1.54) is 0 Å². The van der Waals surface area contributed by atoms with Gasteiger partial charge < -0.3 is 14.4 Å². The molecule has 1 aliphatic heterocycles. The second-order valence-corrected chi connectivity index (χ2v) is 7.39. The first kappa shape index (κ1) is 18.6. The lowest BCUT2D eigenvalue weighted by Gasteiger charge is -2.24. The van der Waals surface area contributed by atoms with Crippen molar-refractivity contribution in [3.63, 3.8) is 0 Å². The molecule has 1 amide bonds. The molecule has 0 aliphatic carbocycles. The number of carbonyl (C=O) groups excluding carboxylic acids is 1. The lowest BCUT2D eigenvalue weighted by atomic mass is 10.1. The molecule has 2 heterocycles. The maximum Gasteiger partial charge on any atom is 0.247 e. The Labute approximate surface area is 158 Å². The number of benzene rings is 1. The summed E-state index contributed by atoms with van der Waals surface area (Å²) >= 11 is 1.58. The smallest absolute Gasteiger partial charge is 0.247 e. The van der Waals surface area contributed by atoms with Gasteiger partial charge in [0.2, 0.25) is 5.91 Å². The minimum absolute atomic E-state index is 0.0334. The number of ether oxygens (including phenoxy) is 2. The molecule has 0 radical (unpaired) electrons. The molecule has 1 fully saturated rings. The fourth-order valence-electron chi connectivity index (χ4n) is 2.98. The molecule has 1 saturated heterocycles. The number of rotatable bonds is 7. The van der Waals surface area contributed by atoms with E-state index in [2.05, 4.69) is 4.98 Å². The van der Waals surface area contributed by atoms with Gasteiger partial charge in [0.1, 0.15) is 5.75 Å². The van der Waals surface area contributed by atoms with Crippen LogP contribution in [-0.4, -0.2) is 42.2 Å². The molecule has 5 nitrogen and oxygen atoms in total. The molecule has 138 valence electrons. The van der Waals surface area contributed by atoms with Crippen molar-refractivity contribution in [3.8, 4) is 5.75 Å². The van der Waals surface area contributed by atoms with Gasteiger partial charge in [-0.2, -0.15) is 0 Å². The van der Waals surface area contributed by atoms with Crippen LogP contribution in [0.5, 0.6) is 5.75 Å². The summed E-state index contributed by atoms with van der Waals surface area (Å²) in [5.41, 5.74) is 1.85. The summed E-state index contributed by atoms with van der Waals surface area (Å²) in [6.07, 6.45) is 5.54. The van der Waals surface area contributed by atoms with Crippen molar-refractivity contribution in [3.05, 3.63) is 52.0 Å². The minimum Gasteiger partial charge on any atom is -0.497 e. The van der Waals surface area contributed by atoms with E-state index in [1.54, 1.807) is 30.6 Å².